The molecule has 4 rings (SSSR count). The number of carbonyl (C=O) groups excluding carboxylic acids is 2. The zero-order valence-corrected chi connectivity index (χ0v) is 18.8. The lowest BCUT2D eigenvalue weighted by molar-refractivity contribution is -0.122. The summed E-state index contributed by atoms with van der Waals surface area (Å²) >= 11 is 0. The van der Waals surface area contributed by atoms with Gasteiger partial charge >= 0.3 is 0 Å². The number of benzene rings is 1. The lowest BCUT2D eigenvalue weighted by Gasteiger charge is -2.31. The van der Waals surface area contributed by atoms with Crippen LogP contribution in [0.4, 0.5) is 5.82 Å². The summed E-state index contributed by atoms with van der Waals surface area (Å²) in [5, 5.41) is 2.88. The molecule has 2 aliphatic rings. The van der Waals surface area contributed by atoms with Gasteiger partial charge in [0.25, 0.3) is 0 Å². The van der Waals surface area contributed by atoms with Gasteiger partial charge in [-0.05, 0) is 31.9 Å². The number of ether oxygens (including phenoxy) is 1. The van der Waals surface area contributed by atoms with Crippen molar-refractivity contribution in [1.82, 2.24) is 20.2 Å². The number of nitrogens with one attached hydrogen (secondary N) is 1. The van der Waals surface area contributed by atoms with E-state index in [1.54, 1.807) is 12.0 Å². The molecule has 1 aromatic heterocycles. The van der Waals surface area contributed by atoms with E-state index in [1.807, 2.05) is 37.3 Å². The molecule has 2 aromatic rings. The van der Waals surface area contributed by atoms with E-state index >= 15 is 0 Å². The first-order valence-corrected chi connectivity index (χ1v) is 11.2. The van der Waals surface area contributed by atoms with E-state index in [2.05, 4.69) is 10.2 Å². The monoisotopic (exact) mass is 437 g/mol. The quantitative estimate of drug-likeness (QED) is 0.634. The first-order valence-electron chi connectivity index (χ1n) is 11.2. The second-order valence-electron chi connectivity index (χ2n) is 8.53. The summed E-state index contributed by atoms with van der Waals surface area (Å²) in [6.07, 6.45) is 2.32. The van der Waals surface area contributed by atoms with Crippen LogP contribution in [-0.4, -0.2) is 66.6 Å². The van der Waals surface area contributed by atoms with E-state index in [0.717, 1.165) is 54.4 Å². The lowest BCUT2D eigenvalue weighted by atomic mass is 9.96. The van der Waals surface area contributed by atoms with Crippen molar-refractivity contribution in [3.63, 3.8) is 0 Å². The summed E-state index contributed by atoms with van der Waals surface area (Å²) in [6.45, 7) is 5.50. The minimum Gasteiger partial charge on any atom is -0.383 e. The van der Waals surface area contributed by atoms with Crippen LogP contribution in [-0.2, 0) is 27.3 Å². The number of nitrogens with zero attached hydrogens (tertiary/aromatic N) is 4. The largest absolute Gasteiger partial charge is 0.383 e. The molecule has 8 heteroatoms. The molecule has 0 radical (unpaired) electrons. The number of hydrogen-bond donors (Lipinski definition) is 1. The molecular formula is C24H31N5O3. The molecule has 0 aliphatic carbocycles. The van der Waals surface area contributed by atoms with E-state index < -0.39 is 0 Å². The van der Waals surface area contributed by atoms with Crippen LogP contribution < -0.4 is 10.2 Å². The minimum atomic E-state index is 0.00776. The Morgan fingerprint density at radius 3 is 2.84 bits per heavy atom. The molecule has 1 saturated heterocycles. The molecule has 1 fully saturated rings. The third-order valence-electron chi connectivity index (χ3n) is 6.14. The normalized spacial score (nSPS) is 18.6. The number of carbonyl (C=O) groups is 2. The van der Waals surface area contributed by atoms with Crippen LogP contribution in [0.15, 0.2) is 30.3 Å². The number of likely N-dealkylation sites (tertiary alicyclic amines) is 1. The molecule has 170 valence electrons. The Balaban J connectivity index is 1.48. The molecule has 1 N–H and O–H groups in total. The number of amides is 2. The molecule has 2 aliphatic heterocycles. The molecule has 8 nitrogen and oxygen atoms in total. The Morgan fingerprint density at radius 2 is 2.06 bits per heavy atom. The topological polar surface area (TPSA) is 87.7 Å². The Labute approximate surface area is 189 Å². The highest BCUT2D eigenvalue weighted by molar-refractivity contribution is 6.00. The predicted octanol–water partition coefficient (Wildman–Crippen LogP) is 1.82. The van der Waals surface area contributed by atoms with Crippen molar-refractivity contribution in [1.29, 1.82) is 0 Å². The van der Waals surface area contributed by atoms with Crippen molar-refractivity contribution in [3.05, 3.63) is 53.0 Å². The molecule has 2 amide bonds. The van der Waals surface area contributed by atoms with Gasteiger partial charge in [0.2, 0.25) is 11.8 Å². The first-order chi connectivity index (χ1) is 15.5. The molecule has 0 bridgehead atoms. The Morgan fingerprint density at radius 1 is 1.25 bits per heavy atom. The zero-order chi connectivity index (χ0) is 22.5. The number of rotatable bonds is 8. The van der Waals surface area contributed by atoms with Gasteiger partial charge in [-0.1, -0.05) is 30.3 Å². The van der Waals surface area contributed by atoms with Crippen molar-refractivity contribution < 1.29 is 14.3 Å². The standard InChI is InChI=1S/C24H31N5O3/c1-17-20-13-22(31)29(14-18-7-4-3-5-8-18)24(20)27-23(26-17)19-9-6-11-28(15-19)16-21(30)25-10-12-32-2/h3-5,7-8,19H,6,9-16H2,1-2H3,(H,25,30)/t19-/m0/s1. The number of aromatic nitrogens is 2. The van der Waals surface area contributed by atoms with Gasteiger partial charge in [0, 0.05) is 37.4 Å². The van der Waals surface area contributed by atoms with E-state index in [0.29, 0.717) is 32.7 Å². The fourth-order valence-corrected chi connectivity index (χ4v) is 4.47. The summed E-state index contributed by atoms with van der Waals surface area (Å²) in [5.74, 6) is 1.74. The minimum absolute atomic E-state index is 0.00776. The zero-order valence-electron chi connectivity index (χ0n) is 18.8. The van der Waals surface area contributed by atoms with Crippen molar-refractivity contribution in [2.75, 3.05) is 44.8 Å². The number of hydrogen-bond acceptors (Lipinski definition) is 6. The SMILES string of the molecule is COCCNC(=O)CN1CCC[C@H](c2nc(C)c3c(n2)N(Cc2ccccc2)C(=O)C3)C1. The second-order valence-corrected chi connectivity index (χ2v) is 8.53. The average molecular weight is 438 g/mol. The average Bonchev–Trinajstić information content (AvgIpc) is 3.11. The highest BCUT2D eigenvalue weighted by Crippen LogP contribution is 2.33. The molecule has 1 atom stereocenters. The van der Waals surface area contributed by atoms with E-state index in [-0.39, 0.29) is 17.7 Å². The Hall–Kier alpha value is -2.84. The summed E-state index contributed by atoms with van der Waals surface area (Å²) in [6, 6.07) is 9.99. The van der Waals surface area contributed by atoms with E-state index in [4.69, 9.17) is 14.7 Å². The van der Waals surface area contributed by atoms with Crippen LogP contribution in [0.3, 0.4) is 0 Å². The summed E-state index contributed by atoms with van der Waals surface area (Å²) in [5.41, 5.74) is 2.89. The smallest absolute Gasteiger partial charge is 0.234 e. The van der Waals surface area contributed by atoms with Crippen LogP contribution in [0.5, 0.6) is 0 Å². The fraction of sp³-hybridized carbons (Fsp3) is 0.500. The fourth-order valence-electron chi connectivity index (χ4n) is 4.47. The number of fused-ring (bicyclic) bond motifs is 1. The second kappa shape index (κ2) is 10.2. The highest BCUT2D eigenvalue weighted by Gasteiger charge is 2.33. The van der Waals surface area contributed by atoms with Crippen molar-refractivity contribution in [2.24, 2.45) is 0 Å². The third kappa shape index (κ3) is 5.14. The van der Waals surface area contributed by atoms with Crippen LogP contribution >= 0.6 is 0 Å². The van der Waals surface area contributed by atoms with Gasteiger partial charge in [-0.2, -0.15) is 0 Å². The third-order valence-corrected chi connectivity index (χ3v) is 6.14. The predicted molar refractivity (Wildman–Crippen MR) is 121 cm³/mol. The number of anilines is 1. The molecule has 0 unspecified atom stereocenters. The highest BCUT2D eigenvalue weighted by atomic mass is 16.5. The van der Waals surface area contributed by atoms with Crippen LogP contribution in [0, 0.1) is 6.92 Å². The van der Waals surface area contributed by atoms with Gasteiger partial charge in [0.1, 0.15) is 11.6 Å². The summed E-state index contributed by atoms with van der Waals surface area (Å²) in [4.78, 5) is 38.6. The molecule has 0 spiro atoms. The van der Waals surface area contributed by atoms with Crippen LogP contribution in [0.2, 0.25) is 0 Å². The molecule has 3 heterocycles. The number of piperidine rings is 1. The van der Waals surface area contributed by atoms with Crippen LogP contribution in [0.1, 0.15) is 41.4 Å². The van der Waals surface area contributed by atoms with Gasteiger partial charge in [-0.15, -0.1) is 0 Å². The van der Waals surface area contributed by atoms with Crippen molar-refractivity contribution >= 4 is 17.6 Å². The van der Waals surface area contributed by atoms with Gasteiger partial charge in [-0.25, -0.2) is 9.97 Å². The van der Waals surface area contributed by atoms with Gasteiger partial charge < -0.3 is 10.1 Å². The van der Waals surface area contributed by atoms with E-state index in [1.165, 1.54) is 0 Å². The van der Waals surface area contributed by atoms with E-state index in [9.17, 15) is 9.59 Å². The molecule has 32 heavy (non-hydrogen) atoms. The summed E-state index contributed by atoms with van der Waals surface area (Å²) < 4.78 is 4.99. The summed E-state index contributed by atoms with van der Waals surface area (Å²) in [7, 11) is 1.62. The van der Waals surface area contributed by atoms with Gasteiger partial charge in [0.05, 0.1) is 26.1 Å². The first kappa shape index (κ1) is 22.4. The molecule has 1 aromatic carbocycles. The molecule has 0 saturated carbocycles. The van der Waals surface area contributed by atoms with Crippen LogP contribution in [0.25, 0.3) is 0 Å². The molecular weight excluding hydrogens is 406 g/mol. The number of methoxy groups -OCH3 is 1. The maximum absolute atomic E-state index is 12.8. The Bertz CT molecular complexity index is 966. The maximum Gasteiger partial charge on any atom is 0.234 e. The van der Waals surface area contributed by atoms with Gasteiger partial charge in [-0.3, -0.25) is 19.4 Å². The van der Waals surface area contributed by atoms with Crippen molar-refractivity contribution in [3.8, 4) is 0 Å². The maximum atomic E-state index is 12.8. The Kier molecular flexibility index (Phi) is 7.12. The van der Waals surface area contributed by atoms with Crippen molar-refractivity contribution in [2.45, 2.75) is 38.6 Å². The number of aryl methyl sites for hydroxylation is 1. The lowest BCUT2D eigenvalue weighted by Crippen LogP contribution is -2.43. The van der Waals surface area contributed by atoms with Gasteiger partial charge in [0.15, 0.2) is 0 Å².